The zero-order valence-corrected chi connectivity index (χ0v) is 5.89. The number of nitrogens with zero attached hydrogens (tertiary/aromatic N) is 1. The summed E-state index contributed by atoms with van der Waals surface area (Å²) in [6.45, 7) is 0. The molecule has 1 aromatic carbocycles. The van der Waals surface area contributed by atoms with Gasteiger partial charge in [0.15, 0.2) is 0 Å². The van der Waals surface area contributed by atoms with Crippen LogP contribution in [0, 0.1) is 10.1 Å². The van der Waals surface area contributed by atoms with Gasteiger partial charge in [0.1, 0.15) is 6.29 Å². The number of rotatable bonds is 2. The molecule has 0 radical (unpaired) electrons. The molecule has 0 aliphatic carbocycles. The van der Waals surface area contributed by atoms with Crippen molar-refractivity contribution in [2.45, 2.75) is 0 Å². The van der Waals surface area contributed by atoms with Crippen LogP contribution < -0.4 is 5.11 Å². The first kappa shape index (κ1) is 8.19. The maximum absolute atomic E-state index is 10.8. The minimum Gasteiger partial charge on any atom is -0.868 e. The van der Waals surface area contributed by atoms with Crippen molar-refractivity contribution in [3.8, 4) is 5.75 Å². The van der Waals surface area contributed by atoms with Crippen LogP contribution >= 0.6 is 0 Å². The fourth-order valence-electron chi connectivity index (χ4n) is 0.750. The summed E-state index contributed by atoms with van der Waals surface area (Å²) in [5.74, 6) is -0.689. The van der Waals surface area contributed by atoms with Gasteiger partial charge in [0.25, 0.3) is 5.69 Å². The van der Waals surface area contributed by atoms with Gasteiger partial charge in [-0.05, 0) is 5.75 Å². The fourth-order valence-corrected chi connectivity index (χ4v) is 0.750. The Bertz CT molecular complexity index is 334. The van der Waals surface area contributed by atoms with Crippen LogP contribution in [0.15, 0.2) is 18.2 Å². The molecule has 0 heterocycles. The van der Waals surface area contributed by atoms with Gasteiger partial charge in [-0.25, -0.2) is 0 Å². The molecule has 0 spiro atoms. The molecule has 1 rings (SSSR count). The summed E-state index contributed by atoms with van der Waals surface area (Å²) in [6.07, 6.45) is 0.451. The molecular formula is C7H4NO4-. The summed E-state index contributed by atoms with van der Waals surface area (Å²) in [4.78, 5) is 19.5. The third-order valence-corrected chi connectivity index (χ3v) is 1.32. The Morgan fingerprint density at radius 1 is 1.42 bits per heavy atom. The van der Waals surface area contributed by atoms with E-state index in [1.165, 1.54) is 6.07 Å². The topological polar surface area (TPSA) is 83.3 Å². The van der Waals surface area contributed by atoms with Crippen molar-refractivity contribution in [1.29, 1.82) is 0 Å². The number of aldehydes is 1. The Morgan fingerprint density at radius 3 is 2.58 bits per heavy atom. The second kappa shape index (κ2) is 3.00. The van der Waals surface area contributed by atoms with E-state index in [0.29, 0.717) is 6.29 Å². The molecule has 1 aromatic rings. The van der Waals surface area contributed by atoms with Crippen LogP contribution in [0.5, 0.6) is 5.75 Å². The number of nitro groups is 1. The second-order valence-corrected chi connectivity index (χ2v) is 2.10. The van der Waals surface area contributed by atoms with E-state index in [-0.39, 0.29) is 5.56 Å². The molecule has 62 valence electrons. The summed E-state index contributed by atoms with van der Waals surface area (Å²) >= 11 is 0. The lowest BCUT2D eigenvalue weighted by Gasteiger charge is -2.04. The first-order valence-corrected chi connectivity index (χ1v) is 3.06. The van der Waals surface area contributed by atoms with Gasteiger partial charge in [0.2, 0.25) is 0 Å². The molecule has 0 saturated carbocycles. The maximum atomic E-state index is 10.8. The van der Waals surface area contributed by atoms with Crippen molar-refractivity contribution in [2.75, 3.05) is 0 Å². The Hall–Kier alpha value is -1.91. The van der Waals surface area contributed by atoms with Crippen molar-refractivity contribution in [3.63, 3.8) is 0 Å². The number of carbonyl (C=O) groups excluding carboxylic acids is 1. The van der Waals surface area contributed by atoms with Crippen LogP contribution in [0.3, 0.4) is 0 Å². The molecule has 5 heteroatoms. The molecule has 0 aliphatic rings. The molecule has 0 bridgehead atoms. The quantitative estimate of drug-likeness (QED) is 0.363. The van der Waals surface area contributed by atoms with Crippen LogP contribution in [0.25, 0.3) is 0 Å². The van der Waals surface area contributed by atoms with E-state index in [1.807, 2.05) is 0 Å². The Labute approximate surface area is 67.4 Å². The van der Waals surface area contributed by atoms with Crippen LogP contribution in [-0.4, -0.2) is 11.2 Å². The lowest BCUT2D eigenvalue weighted by molar-refractivity contribution is -0.398. The first-order valence-electron chi connectivity index (χ1n) is 3.06. The largest absolute Gasteiger partial charge is 0.868 e. The molecule has 5 nitrogen and oxygen atoms in total. The molecule has 0 unspecified atom stereocenters. The lowest BCUT2D eigenvalue weighted by Crippen LogP contribution is -1.98. The highest BCUT2D eigenvalue weighted by Crippen LogP contribution is 2.22. The number of hydrogen-bond donors (Lipinski definition) is 0. The number of benzene rings is 1. The second-order valence-electron chi connectivity index (χ2n) is 2.10. The van der Waals surface area contributed by atoms with Gasteiger partial charge in [0, 0.05) is 11.6 Å². The Balaban J connectivity index is 3.25. The summed E-state index contributed by atoms with van der Waals surface area (Å²) < 4.78 is 0. The van der Waals surface area contributed by atoms with E-state index < -0.39 is 16.4 Å². The lowest BCUT2D eigenvalue weighted by atomic mass is 10.2. The van der Waals surface area contributed by atoms with Gasteiger partial charge in [-0.1, -0.05) is 12.1 Å². The molecule has 0 N–H and O–H groups in total. The number of nitro benzene ring substituents is 1. The van der Waals surface area contributed by atoms with Crippen LogP contribution in [0.4, 0.5) is 5.69 Å². The van der Waals surface area contributed by atoms with Crippen molar-refractivity contribution in [1.82, 2.24) is 0 Å². The van der Waals surface area contributed by atoms with Gasteiger partial charge in [-0.3, -0.25) is 14.9 Å². The van der Waals surface area contributed by atoms with Gasteiger partial charge < -0.3 is 5.11 Å². The van der Waals surface area contributed by atoms with E-state index >= 15 is 0 Å². The van der Waals surface area contributed by atoms with Gasteiger partial charge >= 0.3 is 0 Å². The van der Waals surface area contributed by atoms with Crippen LogP contribution in [0.1, 0.15) is 10.4 Å². The van der Waals surface area contributed by atoms with Crippen molar-refractivity contribution >= 4 is 12.0 Å². The van der Waals surface area contributed by atoms with Crippen LogP contribution in [-0.2, 0) is 0 Å². The zero-order valence-electron chi connectivity index (χ0n) is 5.89. The highest BCUT2D eigenvalue weighted by atomic mass is 16.6. The normalized spacial score (nSPS) is 9.33. The van der Waals surface area contributed by atoms with Gasteiger partial charge in [-0.15, -0.1) is 0 Å². The molecule has 12 heavy (non-hydrogen) atoms. The molecule has 0 aliphatic heterocycles. The van der Waals surface area contributed by atoms with Crippen molar-refractivity contribution in [2.24, 2.45) is 0 Å². The minimum atomic E-state index is -0.810. The average molecular weight is 166 g/mol. The molecule has 0 saturated heterocycles. The fraction of sp³-hybridized carbons (Fsp3) is 0. The average Bonchev–Trinajstić information content (AvgIpc) is 2.05. The summed E-state index contributed by atoms with van der Waals surface area (Å²) in [5, 5.41) is 21.0. The zero-order chi connectivity index (χ0) is 9.14. The predicted octanol–water partition coefficient (Wildman–Crippen LogP) is 0.481. The van der Waals surface area contributed by atoms with E-state index in [0.717, 1.165) is 12.1 Å². The van der Waals surface area contributed by atoms with E-state index in [2.05, 4.69) is 0 Å². The highest BCUT2D eigenvalue weighted by molar-refractivity contribution is 5.77. The maximum Gasteiger partial charge on any atom is 0.262 e. The highest BCUT2D eigenvalue weighted by Gasteiger charge is 2.06. The Kier molecular flexibility index (Phi) is 2.05. The first-order chi connectivity index (χ1) is 5.65. The SMILES string of the molecule is O=Cc1ccc([O-])c([N+](=O)[O-])c1. The Morgan fingerprint density at radius 2 is 2.08 bits per heavy atom. The predicted molar refractivity (Wildman–Crippen MR) is 37.9 cm³/mol. The summed E-state index contributed by atoms with van der Waals surface area (Å²) in [7, 11) is 0. The molecule has 0 atom stereocenters. The minimum absolute atomic E-state index is 0.126. The molecule has 0 amide bonds. The van der Waals surface area contributed by atoms with E-state index in [4.69, 9.17) is 0 Å². The number of hydrogen-bond acceptors (Lipinski definition) is 4. The van der Waals surface area contributed by atoms with Gasteiger partial charge in [0.05, 0.1) is 4.92 Å². The van der Waals surface area contributed by atoms with E-state index in [9.17, 15) is 20.0 Å². The van der Waals surface area contributed by atoms with E-state index in [1.54, 1.807) is 0 Å². The smallest absolute Gasteiger partial charge is 0.262 e. The monoisotopic (exact) mass is 166 g/mol. The molecule has 0 aromatic heterocycles. The molecule has 0 fully saturated rings. The third kappa shape index (κ3) is 1.39. The summed E-state index contributed by atoms with van der Waals surface area (Å²) in [6, 6.07) is 3.19. The standard InChI is InChI=1S/C7H5NO4/c9-4-5-1-2-7(10)6(3-5)8(11)12/h1-4,10H/p-1. The number of carbonyl (C=O) groups is 1. The third-order valence-electron chi connectivity index (χ3n) is 1.32. The molecular weight excluding hydrogens is 162 g/mol. The summed E-state index contributed by atoms with van der Waals surface area (Å²) in [5.41, 5.74) is -0.444. The van der Waals surface area contributed by atoms with Gasteiger partial charge in [-0.2, -0.15) is 0 Å². The van der Waals surface area contributed by atoms with Crippen LogP contribution in [0.2, 0.25) is 0 Å². The van der Waals surface area contributed by atoms with Crippen molar-refractivity contribution < 1.29 is 14.8 Å². The van der Waals surface area contributed by atoms with Crippen molar-refractivity contribution in [3.05, 3.63) is 33.9 Å².